The predicted molar refractivity (Wildman–Crippen MR) is 89.6 cm³/mol. The maximum Gasteiger partial charge on any atom is 0.266 e. The van der Waals surface area contributed by atoms with Gasteiger partial charge < -0.3 is 9.42 Å². The van der Waals surface area contributed by atoms with E-state index in [4.69, 9.17) is 4.52 Å². The van der Waals surface area contributed by atoms with Crippen molar-refractivity contribution in [3.05, 3.63) is 52.3 Å². The smallest absolute Gasteiger partial charge is 0.266 e. The Morgan fingerprint density at radius 1 is 1.33 bits per heavy atom. The van der Waals surface area contributed by atoms with Crippen molar-refractivity contribution >= 4 is 17.2 Å². The number of thiazole rings is 1. The molecule has 3 heterocycles. The fourth-order valence-electron chi connectivity index (χ4n) is 2.98. The van der Waals surface area contributed by atoms with Crippen LogP contribution in [-0.4, -0.2) is 32.5 Å². The van der Waals surface area contributed by atoms with Crippen molar-refractivity contribution in [3.63, 3.8) is 0 Å². The topological polar surface area (TPSA) is 72.1 Å². The lowest BCUT2D eigenvalue weighted by atomic mass is 10.2. The Bertz CT molecular complexity index is 858. The molecule has 3 aromatic rings. The highest BCUT2D eigenvalue weighted by Gasteiger charge is 2.35. The van der Waals surface area contributed by atoms with Gasteiger partial charge in [-0.2, -0.15) is 4.98 Å². The van der Waals surface area contributed by atoms with E-state index < -0.39 is 0 Å². The van der Waals surface area contributed by atoms with Crippen LogP contribution in [0.25, 0.3) is 11.4 Å². The number of aryl methyl sites for hydroxylation is 1. The van der Waals surface area contributed by atoms with E-state index in [0.717, 1.165) is 24.1 Å². The van der Waals surface area contributed by atoms with E-state index >= 15 is 0 Å². The molecule has 0 radical (unpaired) electrons. The van der Waals surface area contributed by atoms with Gasteiger partial charge in [-0.15, -0.1) is 11.3 Å². The molecule has 122 valence electrons. The molecule has 0 N–H and O–H groups in total. The molecule has 1 aromatic carbocycles. The fourth-order valence-corrected chi connectivity index (χ4v) is 3.74. The van der Waals surface area contributed by atoms with Crippen LogP contribution in [0.15, 0.2) is 40.4 Å². The van der Waals surface area contributed by atoms with Crippen molar-refractivity contribution in [2.45, 2.75) is 25.8 Å². The van der Waals surface area contributed by atoms with Gasteiger partial charge in [0, 0.05) is 12.1 Å². The fraction of sp³-hybridized carbons (Fsp3) is 0.294. The largest absolute Gasteiger partial charge is 0.337 e. The van der Waals surface area contributed by atoms with Crippen LogP contribution in [0.3, 0.4) is 0 Å². The summed E-state index contributed by atoms with van der Waals surface area (Å²) in [5.74, 6) is 1.05. The van der Waals surface area contributed by atoms with Gasteiger partial charge in [0.15, 0.2) is 0 Å². The van der Waals surface area contributed by atoms with Crippen molar-refractivity contribution in [2.24, 2.45) is 0 Å². The first kappa shape index (κ1) is 15.0. The highest BCUT2D eigenvalue weighted by molar-refractivity contribution is 7.11. The van der Waals surface area contributed by atoms with Crippen LogP contribution in [0.1, 0.15) is 40.1 Å². The molecule has 0 bridgehead atoms. The number of likely N-dealkylation sites (tertiary alicyclic amines) is 1. The number of nitrogens with zero attached hydrogens (tertiary/aromatic N) is 4. The molecule has 0 aliphatic carbocycles. The predicted octanol–water partition coefficient (Wildman–Crippen LogP) is 3.48. The third-order valence-corrected chi connectivity index (χ3v) is 5.13. The summed E-state index contributed by atoms with van der Waals surface area (Å²) in [6.07, 6.45) is 1.76. The number of carbonyl (C=O) groups excluding carboxylic acids is 1. The molecule has 24 heavy (non-hydrogen) atoms. The number of benzene rings is 1. The summed E-state index contributed by atoms with van der Waals surface area (Å²) >= 11 is 1.37. The Kier molecular flexibility index (Phi) is 3.86. The zero-order chi connectivity index (χ0) is 16.5. The molecular weight excluding hydrogens is 324 g/mol. The summed E-state index contributed by atoms with van der Waals surface area (Å²) in [5, 5.41) is 4.07. The molecule has 1 saturated heterocycles. The third-order valence-electron chi connectivity index (χ3n) is 4.21. The number of rotatable bonds is 3. The Morgan fingerprint density at radius 3 is 2.92 bits per heavy atom. The van der Waals surface area contributed by atoms with E-state index in [-0.39, 0.29) is 11.9 Å². The normalized spacial score (nSPS) is 17.4. The number of hydrogen-bond donors (Lipinski definition) is 0. The lowest BCUT2D eigenvalue weighted by Gasteiger charge is -2.21. The number of aromatic nitrogens is 3. The van der Waals surface area contributed by atoms with Crippen LogP contribution in [0.2, 0.25) is 0 Å². The molecule has 1 aliphatic rings. The van der Waals surface area contributed by atoms with E-state index in [9.17, 15) is 4.79 Å². The van der Waals surface area contributed by atoms with Crippen molar-refractivity contribution in [1.29, 1.82) is 0 Å². The Morgan fingerprint density at radius 2 is 2.17 bits per heavy atom. The molecule has 4 rings (SSSR count). The summed E-state index contributed by atoms with van der Waals surface area (Å²) in [6.45, 7) is 2.55. The van der Waals surface area contributed by atoms with Gasteiger partial charge in [-0.1, -0.05) is 35.5 Å². The highest BCUT2D eigenvalue weighted by atomic mass is 32.1. The van der Waals surface area contributed by atoms with E-state index in [2.05, 4.69) is 15.1 Å². The average molecular weight is 340 g/mol. The second-order valence-electron chi connectivity index (χ2n) is 5.75. The second-order valence-corrected chi connectivity index (χ2v) is 6.60. The maximum atomic E-state index is 12.8. The zero-order valence-electron chi connectivity index (χ0n) is 13.2. The summed E-state index contributed by atoms with van der Waals surface area (Å²) in [5.41, 5.74) is 3.38. The summed E-state index contributed by atoms with van der Waals surface area (Å²) in [4.78, 5) is 24.0. The van der Waals surface area contributed by atoms with Crippen LogP contribution < -0.4 is 0 Å². The van der Waals surface area contributed by atoms with E-state index in [1.807, 2.05) is 42.2 Å². The number of carbonyl (C=O) groups is 1. The van der Waals surface area contributed by atoms with Gasteiger partial charge in [-0.3, -0.25) is 4.79 Å². The van der Waals surface area contributed by atoms with Gasteiger partial charge >= 0.3 is 0 Å². The van der Waals surface area contributed by atoms with Crippen molar-refractivity contribution in [3.8, 4) is 11.4 Å². The average Bonchev–Trinajstić information content (AvgIpc) is 3.35. The van der Waals surface area contributed by atoms with Crippen molar-refractivity contribution in [1.82, 2.24) is 20.0 Å². The van der Waals surface area contributed by atoms with Crippen LogP contribution in [-0.2, 0) is 0 Å². The van der Waals surface area contributed by atoms with Gasteiger partial charge in [0.25, 0.3) is 5.91 Å². The van der Waals surface area contributed by atoms with E-state index in [1.165, 1.54) is 11.3 Å². The molecule has 1 amide bonds. The Labute approximate surface area is 143 Å². The molecule has 1 unspecified atom stereocenters. The van der Waals surface area contributed by atoms with Crippen LogP contribution in [0.4, 0.5) is 0 Å². The SMILES string of the molecule is Cc1ncsc1C(=O)N1CCCC1c1nc(-c2ccccc2)no1. The summed E-state index contributed by atoms with van der Waals surface area (Å²) in [6, 6.07) is 9.52. The first-order valence-electron chi connectivity index (χ1n) is 7.84. The van der Waals surface area contributed by atoms with Crippen molar-refractivity contribution in [2.75, 3.05) is 6.54 Å². The summed E-state index contributed by atoms with van der Waals surface area (Å²) < 4.78 is 5.46. The molecule has 1 atom stereocenters. The Hall–Kier alpha value is -2.54. The zero-order valence-corrected chi connectivity index (χ0v) is 14.0. The summed E-state index contributed by atoms with van der Waals surface area (Å²) in [7, 11) is 0. The standard InChI is InChI=1S/C17H16N4O2S/c1-11-14(24-10-18-11)17(22)21-9-5-8-13(21)16-19-15(20-23-16)12-6-3-2-4-7-12/h2-4,6-7,10,13H,5,8-9H2,1H3. The minimum atomic E-state index is -0.163. The van der Waals surface area contributed by atoms with Gasteiger partial charge in [0.2, 0.25) is 11.7 Å². The minimum Gasteiger partial charge on any atom is -0.337 e. The molecule has 6 nitrogen and oxygen atoms in total. The molecule has 7 heteroatoms. The van der Waals surface area contributed by atoms with Gasteiger partial charge in [-0.25, -0.2) is 4.98 Å². The van der Waals surface area contributed by atoms with Gasteiger partial charge in [0.05, 0.1) is 11.2 Å². The van der Waals surface area contributed by atoms with Crippen molar-refractivity contribution < 1.29 is 9.32 Å². The van der Waals surface area contributed by atoms with Crippen LogP contribution in [0.5, 0.6) is 0 Å². The first-order chi connectivity index (χ1) is 11.7. The van der Waals surface area contributed by atoms with Gasteiger partial charge in [0.1, 0.15) is 10.9 Å². The molecule has 0 spiro atoms. The van der Waals surface area contributed by atoms with E-state index in [1.54, 1.807) is 5.51 Å². The molecule has 1 fully saturated rings. The maximum absolute atomic E-state index is 12.8. The van der Waals surface area contributed by atoms with Crippen LogP contribution >= 0.6 is 11.3 Å². The number of hydrogen-bond acceptors (Lipinski definition) is 6. The lowest BCUT2D eigenvalue weighted by molar-refractivity contribution is 0.0714. The quantitative estimate of drug-likeness (QED) is 0.730. The lowest BCUT2D eigenvalue weighted by Crippen LogP contribution is -2.30. The third kappa shape index (κ3) is 2.60. The minimum absolute atomic E-state index is 0.00281. The molecule has 2 aromatic heterocycles. The Balaban J connectivity index is 1.61. The van der Waals surface area contributed by atoms with Crippen LogP contribution in [0, 0.1) is 6.92 Å². The first-order valence-corrected chi connectivity index (χ1v) is 8.72. The molecule has 1 aliphatic heterocycles. The van der Waals surface area contributed by atoms with E-state index in [0.29, 0.717) is 23.1 Å². The van der Waals surface area contributed by atoms with Gasteiger partial charge in [-0.05, 0) is 19.8 Å². The highest BCUT2D eigenvalue weighted by Crippen LogP contribution is 2.34. The monoisotopic (exact) mass is 340 g/mol. The molecular formula is C17H16N4O2S. The number of amides is 1. The molecule has 0 saturated carbocycles. The second kappa shape index (κ2) is 6.16.